The molecule has 0 saturated carbocycles. The van der Waals surface area contributed by atoms with Gasteiger partial charge in [-0.05, 0) is 0 Å². The number of alkyl carbamates (subject to hydrolysis) is 1. The van der Waals surface area contributed by atoms with E-state index in [0.29, 0.717) is 0 Å². The molecule has 0 rings (SSSR count). The summed E-state index contributed by atoms with van der Waals surface area (Å²) in [6.45, 7) is 11.0. The fourth-order valence-corrected chi connectivity index (χ4v) is 21.9. The first-order valence-electron chi connectivity index (χ1n) is 11.4. The van der Waals surface area contributed by atoms with E-state index in [1.165, 1.54) is 43.3 Å². The van der Waals surface area contributed by atoms with Gasteiger partial charge in [-0.3, -0.25) is 0 Å². The first-order valence-corrected chi connectivity index (χ1v) is 18.9. The molecule has 0 heterocycles. The zero-order valence-corrected chi connectivity index (χ0v) is 22.8. The van der Waals surface area contributed by atoms with E-state index in [1.54, 1.807) is 7.11 Å². The minimum absolute atomic E-state index is 0.00499. The van der Waals surface area contributed by atoms with Crippen molar-refractivity contribution in [2.45, 2.75) is 92.5 Å². The summed E-state index contributed by atoms with van der Waals surface area (Å²) in [5.74, 6) is 0.196. The van der Waals surface area contributed by atoms with Crippen LogP contribution in [-0.4, -0.2) is 57.1 Å². The summed E-state index contributed by atoms with van der Waals surface area (Å²) in [5, 5.41) is 3.08. The van der Waals surface area contributed by atoms with Crippen molar-refractivity contribution in [3.8, 4) is 0 Å². The maximum absolute atomic E-state index is 12.7. The van der Waals surface area contributed by atoms with Gasteiger partial charge >= 0.3 is 184 Å². The number of ether oxygens (including phenoxy) is 2. The van der Waals surface area contributed by atoms with Crippen molar-refractivity contribution in [3.05, 3.63) is 9.67 Å². The number of amides is 1. The van der Waals surface area contributed by atoms with Crippen LogP contribution in [0.25, 0.3) is 0 Å². The molecule has 5 nitrogen and oxygen atoms in total. The van der Waals surface area contributed by atoms with Gasteiger partial charge in [0.25, 0.3) is 0 Å². The van der Waals surface area contributed by atoms with Gasteiger partial charge in [-0.25, -0.2) is 0 Å². The van der Waals surface area contributed by atoms with Crippen molar-refractivity contribution in [1.29, 1.82) is 0 Å². The summed E-state index contributed by atoms with van der Waals surface area (Å²) >= 11 is -2.93. The maximum atomic E-state index is 12.7. The number of nitrogens with one attached hydrogen (secondary N) is 1. The van der Waals surface area contributed by atoms with Crippen LogP contribution < -0.4 is 5.32 Å². The predicted octanol–water partition coefficient (Wildman–Crippen LogP) is 5.90. The van der Waals surface area contributed by atoms with Crippen LogP contribution in [0.15, 0.2) is 9.67 Å². The van der Waals surface area contributed by atoms with Crippen LogP contribution in [0, 0.1) is 5.92 Å². The van der Waals surface area contributed by atoms with E-state index in [1.807, 2.05) is 6.08 Å². The van der Waals surface area contributed by atoms with Crippen molar-refractivity contribution in [1.82, 2.24) is 5.32 Å². The Labute approximate surface area is 183 Å². The molecule has 0 aliphatic rings. The molecule has 0 aromatic carbocycles. The van der Waals surface area contributed by atoms with E-state index >= 15 is 0 Å². The number of carbonyl (C=O) groups excluding carboxylic acids is 2. The van der Waals surface area contributed by atoms with Crippen LogP contribution in [0.5, 0.6) is 0 Å². The Bertz CT molecular complexity index is 483. The molecule has 1 amide bonds. The molecule has 0 aromatic heterocycles. The average molecular weight is 518 g/mol. The Morgan fingerprint density at radius 1 is 0.931 bits per heavy atom. The van der Waals surface area contributed by atoms with Crippen molar-refractivity contribution in [2.24, 2.45) is 5.92 Å². The molecule has 0 aliphatic carbocycles. The average Bonchev–Trinajstić information content (AvgIpc) is 2.70. The van der Waals surface area contributed by atoms with Gasteiger partial charge in [0.2, 0.25) is 0 Å². The molecule has 0 saturated heterocycles. The molecule has 1 atom stereocenters. The first kappa shape index (κ1) is 28.4. The Hall–Kier alpha value is -0.561. The molecule has 6 heteroatoms. The number of hydrogen-bond donors (Lipinski definition) is 1. The van der Waals surface area contributed by atoms with Crippen LogP contribution in [-0.2, 0) is 14.3 Å². The SMILES string of the molecule is CCC[CH2][Sn]([CH2]CCC)([CH2]CCC)/[C](=C/C(=O)COC)[C@@H](NC(=O)OC)C(C)C. The second-order valence-corrected chi connectivity index (χ2v) is 21.7. The van der Waals surface area contributed by atoms with E-state index in [4.69, 9.17) is 9.47 Å². The number of carbonyl (C=O) groups is 2. The summed E-state index contributed by atoms with van der Waals surface area (Å²) in [7, 11) is 2.95. The molecule has 0 aromatic rings. The van der Waals surface area contributed by atoms with Gasteiger partial charge in [0, 0.05) is 0 Å². The van der Waals surface area contributed by atoms with Gasteiger partial charge in [-0.1, -0.05) is 0 Å². The summed E-state index contributed by atoms with van der Waals surface area (Å²) in [6, 6.07) is -0.148. The molecular weight excluding hydrogens is 473 g/mol. The molecule has 0 bridgehead atoms. The number of rotatable bonds is 16. The van der Waals surface area contributed by atoms with E-state index in [9.17, 15) is 9.59 Å². The van der Waals surface area contributed by atoms with Gasteiger partial charge in [-0.2, -0.15) is 0 Å². The van der Waals surface area contributed by atoms with E-state index in [2.05, 4.69) is 39.9 Å². The van der Waals surface area contributed by atoms with Crippen molar-refractivity contribution < 1.29 is 19.1 Å². The van der Waals surface area contributed by atoms with E-state index in [0.717, 1.165) is 19.3 Å². The molecule has 0 radical (unpaired) electrons. The first-order chi connectivity index (χ1) is 13.8. The van der Waals surface area contributed by atoms with Gasteiger partial charge in [-0.15, -0.1) is 0 Å². The quantitative estimate of drug-likeness (QED) is 0.204. The summed E-state index contributed by atoms with van der Waals surface area (Å²) < 4.78 is 15.0. The standard InChI is InChI=1S/C11H18NO4.3C4H9.Sn/c1-8(2)10(12-11(14)16-4)6-5-9(13)7-15-3;3*1-3-4-2;/h5,8,10H,7H2,1-4H3,(H,12,14);3*1,3-4H2,2H3;/t10-;;;;/m1..../s1. The van der Waals surface area contributed by atoms with Gasteiger partial charge in [0.05, 0.1) is 0 Å². The number of hydrogen-bond acceptors (Lipinski definition) is 4. The zero-order chi connectivity index (χ0) is 22.3. The molecule has 0 aliphatic heterocycles. The number of unbranched alkanes of at least 4 members (excludes halogenated alkanes) is 3. The fraction of sp³-hybridized carbons (Fsp3) is 0.826. The van der Waals surface area contributed by atoms with Gasteiger partial charge in [0.15, 0.2) is 0 Å². The van der Waals surface area contributed by atoms with E-state index in [-0.39, 0.29) is 24.3 Å². The second kappa shape index (κ2) is 16.2. The molecule has 0 spiro atoms. The van der Waals surface area contributed by atoms with Crippen LogP contribution in [0.2, 0.25) is 13.3 Å². The molecular formula is C23H45NO4Sn. The third-order valence-electron chi connectivity index (χ3n) is 5.70. The van der Waals surface area contributed by atoms with Gasteiger partial charge in [0.1, 0.15) is 0 Å². The minimum atomic E-state index is -2.93. The Morgan fingerprint density at radius 2 is 1.41 bits per heavy atom. The molecule has 29 heavy (non-hydrogen) atoms. The Kier molecular flexibility index (Phi) is 15.9. The topological polar surface area (TPSA) is 64.6 Å². The normalized spacial score (nSPS) is 13.4. The van der Waals surface area contributed by atoms with Gasteiger partial charge < -0.3 is 0 Å². The van der Waals surface area contributed by atoms with E-state index < -0.39 is 24.5 Å². The Balaban J connectivity index is 6.45. The van der Waals surface area contributed by atoms with Crippen molar-refractivity contribution in [3.63, 3.8) is 0 Å². The number of ketones is 1. The molecule has 170 valence electrons. The zero-order valence-electron chi connectivity index (χ0n) is 19.9. The summed E-state index contributed by atoms with van der Waals surface area (Å²) in [5.41, 5.74) is 0. The van der Waals surface area contributed by atoms with Crippen LogP contribution in [0.1, 0.15) is 73.1 Å². The molecule has 0 fully saturated rings. The van der Waals surface area contributed by atoms with Crippen LogP contribution in [0.4, 0.5) is 4.79 Å². The van der Waals surface area contributed by atoms with Crippen molar-refractivity contribution >= 4 is 30.3 Å². The third-order valence-corrected chi connectivity index (χ3v) is 21.7. The fourth-order valence-electron chi connectivity index (χ4n) is 4.07. The summed E-state index contributed by atoms with van der Waals surface area (Å²) in [6.07, 6.45) is 8.51. The Morgan fingerprint density at radius 3 is 1.76 bits per heavy atom. The second-order valence-electron chi connectivity index (χ2n) is 8.45. The van der Waals surface area contributed by atoms with Crippen LogP contribution in [0.3, 0.4) is 0 Å². The molecule has 1 N–H and O–H groups in total. The molecule has 0 unspecified atom stereocenters. The predicted molar refractivity (Wildman–Crippen MR) is 124 cm³/mol. The monoisotopic (exact) mass is 519 g/mol. The van der Waals surface area contributed by atoms with Crippen molar-refractivity contribution in [2.75, 3.05) is 20.8 Å². The van der Waals surface area contributed by atoms with Crippen LogP contribution >= 0.6 is 0 Å². The number of methoxy groups -OCH3 is 2. The third kappa shape index (κ3) is 10.3. The summed E-state index contributed by atoms with van der Waals surface area (Å²) in [4.78, 5) is 24.9.